The lowest BCUT2D eigenvalue weighted by Gasteiger charge is -2.24. The third-order valence-electron chi connectivity index (χ3n) is 8.06. The lowest BCUT2D eigenvalue weighted by molar-refractivity contribution is -0.141. The first-order valence-corrected chi connectivity index (χ1v) is 20.2. The Morgan fingerprint density at radius 1 is 0.980 bits per heavy atom. The molecule has 1 aliphatic heterocycles. The molecule has 0 radical (unpaired) electrons. The molecule has 0 N–H and O–H groups in total. The number of halogens is 3. The zero-order valence-electron chi connectivity index (χ0n) is 29.4. The van der Waals surface area contributed by atoms with Gasteiger partial charge in [0.15, 0.2) is 0 Å². The minimum Gasteiger partial charge on any atom is -0.466 e. The molecule has 2 aromatic carbocycles. The lowest BCUT2D eigenvalue weighted by atomic mass is 9.98. The quantitative estimate of drug-likeness (QED) is 0.119. The van der Waals surface area contributed by atoms with E-state index in [0.29, 0.717) is 38.2 Å². The molecule has 3 aromatic rings. The molecule has 1 aliphatic rings. The molecule has 1 aromatic heterocycles. The van der Waals surface area contributed by atoms with E-state index in [1.54, 1.807) is 14.0 Å². The summed E-state index contributed by atoms with van der Waals surface area (Å²) in [6.45, 7) is 15.5. The maximum atomic E-state index is 13.5. The second kappa shape index (κ2) is 15.3. The molecule has 2 amide bonds. The van der Waals surface area contributed by atoms with E-state index in [1.807, 2.05) is 39.0 Å². The van der Waals surface area contributed by atoms with Crippen molar-refractivity contribution in [2.45, 2.75) is 97.2 Å². The van der Waals surface area contributed by atoms with Crippen LogP contribution in [0.25, 0.3) is 11.0 Å². The predicted octanol–water partition coefficient (Wildman–Crippen LogP) is 7.19. The van der Waals surface area contributed by atoms with Crippen LogP contribution in [-0.4, -0.2) is 72.0 Å². The number of carbonyl (C=O) groups is 3. The number of hydrogen-bond acceptors (Lipinski definition) is 6. The van der Waals surface area contributed by atoms with Crippen LogP contribution >= 0.6 is 0 Å². The lowest BCUT2D eigenvalue weighted by Crippen LogP contribution is -2.35. The molecule has 14 heteroatoms. The highest BCUT2D eigenvalue weighted by Crippen LogP contribution is 2.31. The van der Waals surface area contributed by atoms with Crippen LogP contribution in [-0.2, 0) is 38.5 Å². The summed E-state index contributed by atoms with van der Waals surface area (Å²) in [5.74, 6) is -1.23. The Labute approximate surface area is 285 Å². The predicted molar refractivity (Wildman–Crippen MR) is 182 cm³/mol. The van der Waals surface area contributed by atoms with Gasteiger partial charge in [0.05, 0.1) is 23.2 Å². The number of imidazole rings is 1. The number of rotatable bonds is 11. The number of ether oxygens (including phenoxy) is 3. The first-order chi connectivity index (χ1) is 22.8. The van der Waals surface area contributed by atoms with Crippen molar-refractivity contribution in [3.63, 3.8) is 0 Å². The molecule has 2 heterocycles. The fourth-order valence-electron chi connectivity index (χ4n) is 5.55. The highest BCUT2D eigenvalue weighted by atomic mass is 28.3. The van der Waals surface area contributed by atoms with Crippen LogP contribution in [0.4, 0.5) is 18.0 Å². The zero-order valence-corrected chi connectivity index (χ0v) is 30.4. The second-order valence-electron chi connectivity index (χ2n) is 14.6. The molecule has 1 atom stereocenters. The van der Waals surface area contributed by atoms with E-state index in [-0.39, 0.29) is 36.5 Å². The molecule has 10 nitrogen and oxygen atoms in total. The maximum absolute atomic E-state index is 13.5. The van der Waals surface area contributed by atoms with Gasteiger partial charge in [0.25, 0.3) is 5.91 Å². The number of hydrogen-bond donors (Lipinski definition) is 0. The number of fused-ring (bicyclic) bond motifs is 1. The van der Waals surface area contributed by atoms with Crippen LogP contribution in [0.15, 0.2) is 47.5 Å². The average Bonchev–Trinajstić information content (AvgIpc) is 3.59. The van der Waals surface area contributed by atoms with Crippen LogP contribution in [0.2, 0.25) is 25.7 Å². The smallest absolute Gasteiger partial charge is 0.416 e. The van der Waals surface area contributed by atoms with Gasteiger partial charge in [-0.3, -0.25) is 14.2 Å². The van der Waals surface area contributed by atoms with Crippen LogP contribution < -0.4 is 5.62 Å². The van der Waals surface area contributed by atoms with Crippen molar-refractivity contribution >= 4 is 37.1 Å². The third-order valence-corrected chi connectivity index (χ3v) is 9.77. The molecular weight excluding hydrogens is 657 g/mol. The van der Waals surface area contributed by atoms with Gasteiger partial charge in [-0.25, -0.2) is 4.79 Å². The molecule has 0 aliphatic carbocycles. The first kappa shape index (κ1) is 37.9. The Morgan fingerprint density at radius 3 is 2.37 bits per heavy atom. The second-order valence-corrected chi connectivity index (χ2v) is 20.2. The summed E-state index contributed by atoms with van der Waals surface area (Å²) < 4.78 is 60.9. The van der Waals surface area contributed by atoms with Gasteiger partial charge >= 0.3 is 18.2 Å². The summed E-state index contributed by atoms with van der Waals surface area (Å²) in [4.78, 5) is 43.8. The number of likely N-dealkylation sites (tertiary alicyclic amines) is 1. The fraction of sp³-hybridized carbons (Fsp3) is 0.543. The summed E-state index contributed by atoms with van der Waals surface area (Å²) in [5.41, 5.74) is 0.849. The molecule has 49 heavy (non-hydrogen) atoms. The van der Waals surface area contributed by atoms with Gasteiger partial charge in [0.2, 0.25) is 5.62 Å². The molecule has 268 valence electrons. The first-order valence-electron chi connectivity index (χ1n) is 16.5. The summed E-state index contributed by atoms with van der Waals surface area (Å²) in [6, 6.07) is 11.0. The van der Waals surface area contributed by atoms with Crippen molar-refractivity contribution in [2.24, 2.45) is 4.99 Å². The van der Waals surface area contributed by atoms with E-state index in [4.69, 9.17) is 14.2 Å². The Morgan fingerprint density at radius 2 is 1.71 bits per heavy atom. The van der Waals surface area contributed by atoms with Gasteiger partial charge < -0.3 is 23.7 Å². The molecule has 1 unspecified atom stereocenters. The number of esters is 1. The van der Waals surface area contributed by atoms with Gasteiger partial charge in [-0.1, -0.05) is 31.8 Å². The number of carbonyl (C=O) groups excluding carboxylic acids is 3. The molecular formula is C35H47F3N4O6Si. The number of amides is 2. The average molecular weight is 705 g/mol. The number of aryl methyl sites for hydroxylation is 1. The van der Waals surface area contributed by atoms with Gasteiger partial charge in [-0.05, 0) is 75.6 Å². The number of benzene rings is 2. The fourth-order valence-corrected chi connectivity index (χ4v) is 6.31. The van der Waals surface area contributed by atoms with Crippen molar-refractivity contribution < 1.29 is 41.8 Å². The van der Waals surface area contributed by atoms with Crippen LogP contribution in [0.1, 0.15) is 67.9 Å². The van der Waals surface area contributed by atoms with Crippen molar-refractivity contribution in [1.29, 1.82) is 0 Å². The van der Waals surface area contributed by atoms with Crippen LogP contribution in [0, 0.1) is 0 Å². The van der Waals surface area contributed by atoms with E-state index in [0.717, 1.165) is 35.7 Å². The van der Waals surface area contributed by atoms with Crippen LogP contribution in [0.5, 0.6) is 0 Å². The molecule has 4 rings (SSSR count). The van der Waals surface area contributed by atoms with Crippen LogP contribution in [0.3, 0.4) is 0 Å². The van der Waals surface area contributed by atoms with Crippen molar-refractivity contribution in [1.82, 2.24) is 14.0 Å². The van der Waals surface area contributed by atoms with Crippen molar-refractivity contribution in [2.75, 3.05) is 26.3 Å². The van der Waals surface area contributed by atoms with E-state index in [1.165, 1.54) is 19.1 Å². The monoisotopic (exact) mass is 704 g/mol. The zero-order chi connectivity index (χ0) is 36.1. The van der Waals surface area contributed by atoms with Gasteiger partial charge in [0.1, 0.15) is 12.3 Å². The molecule has 0 saturated carbocycles. The van der Waals surface area contributed by atoms with E-state index in [2.05, 4.69) is 24.6 Å². The highest BCUT2D eigenvalue weighted by molar-refractivity contribution is 6.76. The Kier molecular flexibility index (Phi) is 11.9. The van der Waals surface area contributed by atoms with E-state index < -0.39 is 37.3 Å². The third kappa shape index (κ3) is 10.5. The number of aromatic nitrogens is 2. The molecule has 0 spiro atoms. The summed E-state index contributed by atoms with van der Waals surface area (Å²) in [5, 5.41) is 0. The van der Waals surface area contributed by atoms with Gasteiger partial charge in [0, 0.05) is 52.7 Å². The van der Waals surface area contributed by atoms with Gasteiger partial charge in [-0.2, -0.15) is 18.2 Å². The van der Waals surface area contributed by atoms with Crippen molar-refractivity contribution in [3.05, 3.63) is 64.8 Å². The van der Waals surface area contributed by atoms with E-state index >= 15 is 0 Å². The largest absolute Gasteiger partial charge is 0.466 e. The topological polar surface area (TPSA) is 104 Å². The normalized spacial score (nSPS) is 16.0. The van der Waals surface area contributed by atoms with Crippen molar-refractivity contribution in [3.8, 4) is 0 Å². The summed E-state index contributed by atoms with van der Waals surface area (Å²) in [6.07, 6.45) is -3.86. The standard InChI is InChI=1S/C35H47F3N4O6Si/c1-24(43)47-17-9-15-41-29-13-12-25(27-14-16-40(22-27)33(45)48-34(2,3)4)21-30(29)42(23-46-18-19-49(5,6)7)32(41)39-31(44)26-10-8-11-28(20-26)35(36,37)38/h8,10-13,20-21,27H,9,14-19,22-23H2,1-7H3/b39-32-. The summed E-state index contributed by atoms with van der Waals surface area (Å²) in [7, 11) is -1.43. The Hall–Kier alpha value is -3.91. The maximum Gasteiger partial charge on any atom is 0.416 e. The summed E-state index contributed by atoms with van der Waals surface area (Å²) >= 11 is 0. The molecule has 0 bridgehead atoms. The minimum atomic E-state index is -4.62. The van der Waals surface area contributed by atoms with E-state index in [9.17, 15) is 27.6 Å². The highest BCUT2D eigenvalue weighted by Gasteiger charge is 2.32. The number of nitrogens with zero attached hydrogens (tertiary/aromatic N) is 4. The minimum absolute atomic E-state index is 0.0256. The van der Waals surface area contributed by atoms with Gasteiger partial charge in [-0.15, -0.1) is 0 Å². The SMILES string of the molecule is CC(=O)OCCCn1/c(=N/C(=O)c2cccc(C(F)(F)F)c2)n(COCC[Si](C)(C)C)c2cc(C3CCN(C(=O)OC(C)(C)C)C3)ccc21. The molecule has 1 saturated heterocycles. The number of alkyl halides is 3. The molecule has 1 fully saturated rings. The Bertz CT molecular complexity index is 1740. The Balaban J connectivity index is 1.80.